The number of anilines is 1. The maximum atomic E-state index is 5.67. The van der Waals surface area contributed by atoms with E-state index in [4.69, 9.17) is 9.40 Å². The van der Waals surface area contributed by atoms with E-state index in [-0.39, 0.29) is 48.2 Å². The fourth-order valence-corrected chi connectivity index (χ4v) is 3.32. The number of aryl methyl sites for hydroxylation is 1. The second kappa shape index (κ2) is 12.9. The van der Waals surface area contributed by atoms with Gasteiger partial charge in [-0.3, -0.25) is 0 Å². The van der Waals surface area contributed by atoms with Crippen molar-refractivity contribution in [1.82, 2.24) is 19.4 Å². The highest BCUT2D eigenvalue weighted by Crippen LogP contribution is 2.23. The van der Waals surface area contributed by atoms with Gasteiger partial charge in [0, 0.05) is 13.0 Å². The number of likely N-dealkylation sites (tertiary alicyclic amines) is 1. The molecule has 2 aromatic heterocycles. The minimum absolute atomic E-state index is 0. The summed E-state index contributed by atoms with van der Waals surface area (Å²) in [4.78, 5) is 11.4. The predicted molar refractivity (Wildman–Crippen MR) is 123 cm³/mol. The van der Waals surface area contributed by atoms with Gasteiger partial charge in [0.1, 0.15) is 5.76 Å². The molecule has 0 unspecified atom stereocenters. The van der Waals surface area contributed by atoms with Gasteiger partial charge in [-0.1, -0.05) is 12.1 Å². The van der Waals surface area contributed by atoms with Gasteiger partial charge < -0.3 is 30.2 Å². The molecule has 1 fully saturated rings. The highest BCUT2D eigenvalue weighted by Gasteiger charge is 2.20. The molecule has 166 valence electrons. The molecular weight excluding hydrogens is 441 g/mol. The summed E-state index contributed by atoms with van der Waals surface area (Å²) in [5.74, 6) is 2.46. The molecule has 29 heavy (non-hydrogen) atoms. The van der Waals surface area contributed by atoms with E-state index in [2.05, 4.69) is 38.9 Å². The van der Waals surface area contributed by atoms with Crippen molar-refractivity contribution in [3.05, 3.63) is 42.1 Å². The lowest BCUT2D eigenvalue weighted by Gasteiger charge is -2.29. The molecule has 0 spiro atoms. The number of oxazole rings is 1. The number of fused-ring (bicyclic) bond motifs is 1. The number of para-hydroxylation sites is 2. The van der Waals surface area contributed by atoms with Gasteiger partial charge in [0.15, 0.2) is 5.89 Å². The Morgan fingerprint density at radius 3 is 2.38 bits per heavy atom. The highest BCUT2D eigenvalue weighted by atomic mass is 35.5. The van der Waals surface area contributed by atoms with Crippen LogP contribution in [0.5, 0.6) is 0 Å². The minimum Gasteiger partial charge on any atom is -0.444 e. The third-order valence-electron chi connectivity index (χ3n) is 4.69. The summed E-state index contributed by atoms with van der Waals surface area (Å²) >= 11 is 0. The van der Waals surface area contributed by atoms with Crippen molar-refractivity contribution in [1.29, 1.82) is 0 Å². The summed E-state index contributed by atoms with van der Waals surface area (Å²) in [5.41, 5.74) is 2.12. The topological polar surface area (TPSA) is 122 Å². The van der Waals surface area contributed by atoms with E-state index in [0.29, 0.717) is 18.5 Å². The molecule has 1 aliphatic heterocycles. The molecule has 5 N–H and O–H groups in total. The second-order valence-corrected chi connectivity index (χ2v) is 6.58. The molecule has 8 nitrogen and oxygen atoms in total. The van der Waals surface area contributed by atoms with Gasteiger partial charge in [-0.15, -0.1) is 37.2 Å². The van der Waals surface area contributed by atoms with Crippen molar-refractivity contribution in [2.24, 2.45) is 0 Å². The number of benzene rings is 1. The molecule has 3 aromatic rings. The predicted octanol–water partition coefficient (Wildman–Crippen LogP) is 2.50. The molecule has 0 radical (unpaired) electrons. The quantitative estimate of drug-likeness (QED) is 0.627. The monoisotopic (exact) mass is 469 g/mol. The van der Waals surface area contributed by atoms with E-state index in [1.54, 1.807) is 6.20 Å². The van der Waals surface area contributed by atoms with Gasteiger partial charge in [-0.05, 0) is 45.1 Å². The Hall–Kier alpha value is -1.55. The van der Waals surface area contributed by atoms with Crippen molar-refractivity contribution in [3.63, 3.8) is 0 Å². The maximum absolute atomic E-state index is 5.67. The molecule has 0 atom stereocenters. The summed E-state index contributed by atoms with van der Waals surface area (Å²) in [6.07, 6.45) is 4.08. The summed E-state index contributed by atoms with van der Waals surface area (Å²) in [7, 11) is 2.18. The number of nitrogens with zero attached hydrogens (tertiary/aromatic N) is 4. The standard InChI is InChI=1S/C18H23N5O.3ClH.2H2O/c1-13-19-11-15(24-13)12-23-17-6-4-3-5-16(17)21-18(23)20-14-7-9-22(2)10-8-14;;;;;/h3-6,11,14H,7-10,12H2,1-2H3,(H,20,21);3*1H;2*1H2. The van der Waals surface area contributed by atoms with Crippen LogP contribution >= 0.6 is 37.2 Å². The van der Waals surface area contributed by atoms with Crippen LogP contribution < -0.4 is 5.32 Å². The molecule has 0 amide bonds. The SMILES string of the molecule is Cc1ncc(Cn2c(NC3CCN(C)CC3)nc3ccccc32)o1.Cl.Cl.Cl.O.O. The molecule has 4 rings (SSSR count). The average molecular weight is 471 g/mol. The number of imidazole rings is 1. The number of hydrogen-bond donors (Lipinski definition) is 1. The van der Waals surface area contributed by atoms with Crippen molar-refractivity contribution in [2.45, 2.75) is 32.4 Å². The minimum atomic E-state index is 0. The van der Waals surface area contributed by atoms with Crippen LogP contribution in [0, 0.1) is 6.92 Å². The maximum Gasteiger partial charge on any atom is 0.204 e. The van der Waals surface area contributed by atoms with Crippen molar-refractivity contribution in [3.8, 4) is 0 Å². The lowest BCUT2D eigenvalue weighted by Crippen LogP contribution is -2.37. The van der Waals surface area contributed by atoms with E-state index >= 15 is 0 Å². The third-order valence-corrected chi connectivity index (χ3v) is 4.69. The molecule has 0 saturated carbocycles. The summed E-state index contributed by atoms with van der Waals surface area (Å²) in [5, 5.41) is 3.65. The number of rotatable bonds is 4. The Bertz CT molecular complexity index is 850. The van der Waals surface area contributed by atoms with Gasteiger partial charge in [0.05, 0.1) is 23.8 Å². The van der Waals surface area contributed by atoms with Gasteiger partial charge >= 0.3 is 0 Å². The number of halogens is 3. The molecule has 3 heterocycles. The van der Waals surface area contributed by atoms with Gasteiger partial charge in [0.2, 0.25) is 5.95 Å². The Morgan fingerprint density at radius 2 is 1.76 bits per heavy atom. The first-order chi connectivity index (χ1) is 11.7. The van der Waals surface area contributed by atoms with Crippen LogP contribution in [0.15, 0.2) is 34.9 Å². The average Bonchev–Trinajstić information content (AvgIpc) is 3.14. The zero-order valence-electron chi connectivity index (χ0n) is 16.4. The Morgan fingerprint density at radius 1 is 1.10 bits per heavy atom. The Labute approximate surface area is 188 Å². The van der Waals surface area contributed by atoms with E-state index < -0.39 is 0 Å². The first-order valence-electron chi connectivity index (χ1n) is 8.51. The third kappa shape index (κ3) is 6.74. The van der Waals surface area contributed by atoms with Crippen molar-refractivity contribution < 1.29 is 15.4 Å². The van der Waals surface area contributed by atoms with Crippen LogP contribution in [0.25, 0.3) is 11.0 Å². The summed E-state index contributed by atoms with van der Waals surface area (Å²) in [6.45, 7) is 4.75. The van der Waals surface area contributed by atoms with E-state index in [1.807, 2.05) is 19.1 Å². The molecule has 11 heteroatoms. The highest BCUT2D eigenvalue weighted by molar-refractivity contribution is 5.86. The van der Waals surface area contributed by atoms with Crippen LogP contribution in [0.3, 0.4) is 0 Å². The zero-order chi connectivity index (χ0) is 16.5. The first-order valence-corrected chi connectivity index (χ1v) is 8.51. The molecule has 0 aliphatic carbocycles. The lowest BCUT2D eigenvalue weighted by molar-refractivity contribution is 0.263. The number of piperidine rings is 1. The van der Waals surface area contributed by atoms with Crippen LogP contribution in [-0.4, -0.2) is 56.6 Å². The fraction of sp³-hybridized carbons (Fsp3) is 0.444. The Balaban J connectivity index is 0. The van der Waals surface area contributed by atoms with Crippen molar-refractivity contribution in [2.75, 3.05) is 25.5 Å². The van der Waals surface area contributed by atoms with Gasteiger partial charge in [-0.2, -0.15) is 0 Å². The van der Waals surface area contributed by atoms with Gasteiger partial charge in [-0.25, -0.2) is 9.97 Å². The second-order valence-electron chi connectivity index (χ2n) is 6.58. The van der Waals surface area contributed by atoms with Crippen LogP contribution in [-0.2, 0) is 6.54 Å². The fourth-order valence-electron chi connectivity index (χ4n) is 3.32. The van der Waals surface area contributed by atoms with E-state index in [0.717, 1.165) is 48.7 Å². The lowest BCUT2D eigenvalue weighted by atomic mass is 10.1. The number of hydrogen-bond acceptors (Lipinski definition) is 5. The van der Waals surface area contributed by atoms with E-state index in [9.17, 15) is 0 Å². The smallest absolute Gasteiger partial charge is 0.204 e. The first kappa shape index (κ1) is 29.6. The van der Waals surface area contributed by atoms with Gasteiger partial charge in [0.25, 0.3) is 0 Å². The largest absolute Gasteiger partial charge is 0.444 e. The molecule has 1 aromatic carbocycles. The van der Waals surface area contributed by atoms with Crippen LogP contribution in [0.1, 0.15) is 24.5 Å². The van der Waals surface area contributed by atoms with Crippen LogP contribution in [0.4, 0.5) is 5.95 Å². The Kier molecular flexibility index (Phi) is 13.2. The molecular formula is C18H30Cl3N5O3. The van der Waals surface area contributed by atoms with Crippen LogP contribution in [0.2, 0.25) is 0 Å². The molecule has 1 aliphatic rings. The molecule has 0 bridgehead atoms. The van der Waals surface area contributed by atoms with E-state index in [1.165, 1.54) is 0 Å². The number of aromatic nitrogens is 3. The molecule has 1 saturated heterocycles. The number of nitrogens with one attached hydrogen (secondary N) is 1. The summed E-state index contributed by atoms with van der Waals surface area (Å²) < 4.78 is 7.86. The van der Waals surface area contributed by atoms with Crippen molar-refractivity contribution >= 4 is 54.2 Å². The normalized spacial score (nSPS) is 13.9. The zero-order valence-corrected chi connectivity index (χ0v) is 18.9. The summed E-state index contributed by atoms with van der Waals surface area (Å²) in [6, 6.07) is 8.69.